The normalized spacial score (nSPS) is 25.0. The van der Waals surface area contributed by atoms with E-state index in [9.17, 15) is 0 Å². The smallest absolute Gasteiger partial charge is 0.102 e. The molecule has 0 amide bonds. The van der Waals surface area contributed by atoms with Crippen LogP contribution in [-0.4, -0.2) is 31.1 Å². The van der Waals surface area contributed by atoms with Gasteiger partial charge in [-0.3, -0.25) is 0 Å². The van der Waals surface area contributed by atoms with E-state index < -0.39 is 0 Å². The highest BCUT2D eigenvalue weighted by atomic mass is 15.2. The third-order valence-electron chi connectivity index (χ3n) is 2.51. The lowest BCUT2D eigenvalue weighted by Crippen LogP contribution is -2.37. The van der Waals surface area contributed by atoms with Gasteiger partial charge in [-0.15, -0.1) is 0 Å². The lowest BCUT2D eigenvalue weighted by molar-refractivity contribution is 0.343. The molecule has 0 fully saturated rings. The first kappa shape index (κ1) is 10.1. The van der Waals surface area contributed by atoms with E-state index in [0.29, 0.717) is 6.04 Å². The maximum atomic E-state index is 5.83. The first-order valence-corrected chi connectivity index (χ1v) is 4.66. The summed E-state index contributed by atoms with van der Waals surface area (Å²) < 4.78 is 0. The number of hydrogen-bond donors (Lipinski definition) is 2. The first-order valence-electron chi connectivity index (χ1n) is 4.66. The molecule has 1 aliphatic heterocycles. The van der Waals surface area contributed by atoms with Gasteiger partial charge >= 0.3 is 0 Å². The van der Waals surface area contributed by atoms with Gasteiger partial charge in [-0.05, 0) is 25.5 Å². The molecule has 2 unspecified atom stereocenters. The predicted octanol–water partition coefficient (Wildman–Crippen LogP) is 0.655. The lowest BCUT2D eigenvalue weighted by Gasteiger charge is -2.32. The first-order chi connectivity index (χ1) is 6.06. The van der Waals surface area contributed by atoms with E-state index in [1.807, 2.05) is 14.0 Å². The Morgan fingerprint density at radius 2 is 2.23 bits per heavy atom. The minimum absolute atomic E-state index is 0.111. The summed E-state index contributed by atoms with van der Waals surface area (Å²) >= 11 is 0. The highest BCUT2D eigenvalue weighted by Crippen LogP contribution is 2.17. The molecule has 1 heterocycles. The molecule has 1 rings (SSSR count). The zero-order valence-corrected chi connectivity index (χ0v) is 8.83. The molecule has 0 aromatic carbocycles. The summed E-state index contributed by atoms with van der Waals surface area (Å²) in [6.07, 6.45) is 4.30. The fraction of sp³-hybridized carbons (Fsp3) is 0.600. The molecule has 0 aromatic heterocycles. The van der Waals surface area contributed by atoms with Gasteiger partial charge in [0.2, 0.25) is 0 Å². The Balaban J connectivity index is 2.90. The van der Waals surface area contributed by atoms with Crippen LogP contribution in [0, 0.1) is 0 Å². The summed E-state index contributed by atoms with van der Waals surface area (Å²) in [4.78, 5) is 2.19. The van der Waals surface area contributed by atoms with E-state index in [1.54, 1.807) is 0 Å². The minimum Gasteiger partial charge on any atom is -0.375 e. The van der Waals surface area contributed by atoms with Gasteiger partial charge in [-0.1, -0.05) is 6.08 Å². The van der Waals surface area contributed by atoms with Gasteiger partial charge < -0.3 is 16.0 Å². The Labute approximate surface area is 80.3 Å². The molecule has 0 saturated carbocycles. The minimum atomic E-state index is 0.111. The summed E-state index contributed by atoms with van der Waals surface area (Å²) in [6.45, 7) is 4.17. The Morgan fingerprint density at radius 3 is 2.69 bits per heavy atom. The SMILES string of the molecule is CNC1=CC(C(C)N)=CC(C)N1C. The van der Waals surface area contributed by atoms with Gasteiger partial charge in [0.25, 0.3) is 0 Å². The summed E-state index contributed by atoms with van der Waals surface area (Å²) in [7, 11) is 4.00. The Hall–Kier alpha value is -0.960. The van der Waals surface area contributed by atoms with Crippen LogP contribution >= 0.6 is 0 Å². The van der Waals surface area contributed by atoms with E-state index in [2.05, 4.69) is 36.3 Å². The van der Waals surface area contributed by atoms with Gasteiger partial charge in [-0.2, -0.15) is 0 Å². The lowest BCUT2D eigenvalue weighted by atomic mass is 10.0. The van der Waals surface area contributed by atoms with Crippen LogP contribution in [0.4, 0.5) is 0 Å². The number of nitrogens with two attached hydrogens (primary N) is 1. The largest absolute Gasteiger partial charge is 0.375 e. The topological polar surface area (TPSA) is 41.3 Å². The molecule has 0 radical (unpaired) electrons. The highest BCUT2D eigenvalue weighted by molar-refractivity contribution is 5.32. The summed E-state index contributed by atoms with van der Waals surface area (Å²) in [6, 6.07) is 0.521. The van der Waals surface area contributed by atoms with E-state index in [0.717, 1.165) is 5.82 Å². The summed E-state index contributed by atoms with van der Waals surface area (Å²) in [5, 5.41) is 3.16. The van der Waals surface area contributed by atoms with Crippen LogP contribution in [0.2, 0.25) is 0 Å². The molecule has 0 aliphatic carbocycles. The average Bonchev–Trinajstić information content (AvgIpc) is 2.09. The van der Waals surface area contributed by atoms with E-state index >= 15 is 0 Å². The highest BCUT2D eigenvalue weighted by Gasteiger charge is 2.16. The molecule has 74 valence electrons. The van der Waals surface area contributed by atoms with E-state index in [-0.39, 0.29) is 6.04 Å². The quantitative estimate of drug-likeness (QED) is 0.657. The van der Waals surface area contributed by atoms with Gasteiger partial charge in [0.15, 0.2) is 0 Å². The van der Waals surface area contributed by atoms with Gasteiger partial charge in [0.05, 0.1) is 0 Å². The molecule has 0 spiro atoms. The molecular weight excluding hydrogens is 162 g/mol. The van der Waals surface area contributed by atoms with Crippen molar-refractivity contribution in [3.8, 4) is 0 Å². The zero-order valence-electron chi connectivity index (χ0n) is 8.83. The van der Waals surface area contributed by atoms with Crippen molar-refractivity contribution in [2.45, 2.75) is 25.9 Å². The third kappa shape index (κ3) is 2.04. The molecule has 1 aliphatic rings. The number of nitrogens with one attached hydrogen (secondary N) is 1. The summed E-state index contributed by atoms with van der Waals surface area (Å²) in [5.41, 5.74) is 7.04. The van der Waals surface area contributed by atoms with Crippen molar-refractivity contribution < 1.29 is 0 Å². The molecule has 13 heavy (non-hydrogen) atoms. The molecule has 2 atom stereocenters. The van der Waals surface area contributed by atoms with Gasteiger partial charge in [0.1, 0.15) is 5.82 Å². The van der Waals surface area contributed by atoms with Gasteiger partial charge in [0, 0.05) is 26.2 Å². The van der Waals surface area contributed by atoms with Crippen molar-refractivity contribution >= 4 is 0 Å². The number of hydrogen-bond acceptors (Lipinski definition) is 3. The van der Waals surface area contributed by atoms with Crippen molar-refractivity contribution in [2.75, 3.05) is 14.1 Å². The average molecular weight is 181 g/mol. The van der Waals surface area contributed by atoms with Crippen LogP contribution in [0.5, 0.6) is 0 Å². The second-order valence-electron chi connectivity index (χ2n) is 3.59. The van der Waals surface area contributed by atoms with Crippen molar-refractivity contribution in [2.24, 2.45) is 5.73 Å². The van der Waals surface area contributed by atoms with Crippen molar-refractivity contribution in [1.29, 1.82) is 0 Å². The zero-order chi connectivity index (χ0) is 10.0. The van der Waals surface area contributed by atoms with E-state index in [4.69, 9.17) is 5.73 Å². The number of rotatable bonds is 2. The molecule has 0 saturated heterocycles. The van der Waals surface area contributed by atoms with Crippen molar-refractivity contribution in [3.63, 3.8) is 0 Å². The second kappa shape index (κ2) is 3.83. The molecule has 3 heteroatoms. The van der Waals surface area contributed by atoms with Crippen LogP contribution in [0.3, 0.4) is 0 Å². The maximum absolute atomic E-state index is 5.83. The Morgan fingerprint density at radius 1 is 1.62 bits per heavy atom. The molecule has 3 nitrogen and oxygen atoms in total. The summed E-state index contributed by atoms with van der Waals surface area (Å²) in [5.74, 6) is 1.13. The van der Waals surface area contributed by atoms with Crippen LogP contribution in [-0.2, 0) is 0 Å². The predicted molar refractivity (Wildman–Crippen MR) is 56.1 cm³/mol. The van der Waals surface area contributed by atoms with Crippen LogP contribution < -0.4 is 11.1 Å². The second-order valence-corrected chi connectivity index (χ2v) is 3.59. The maximum Gasteiger partial charge on any atom is 0.102 e. The van der Waals surface area contributed by atoms with Gasteiger partial charge in [-0.25, -0.2) is 0 Å². The molecule has 0 bridgehead atoms. The fourth-order valence-electron chi connectivity index (χ4n) is 1.45. The monoisotopic (exact) mass is 181 g/mol. The van der Waals surface area contributed by atoms with Crippen LogP contribution in [0.25, 0.3) is 0 Å². The van der Waals surface area contributed by atoms with Crippen molar-refractivity contribution in [3.05, 3.63) is 23.5 Å². The van der Waals surface area contributed by atoms with E-state index in [1.165, 1.54) is 5.57 Å². The van der Waals surface area contributed by atoms with Crippen LogP contribution in [0.1, 0.15) is 13.8 Å². The molecular formula is C10H19N3. The number of likely N-dealkylation sites (N-methyl/N-ethyl adjacent to an activating group) is 1. The third-order valence-corrected chi connectivity index (χ3v) is 2.51. The standard InChI is InChI=1S/C10H19N3/c1-7-5-9(8(2)11)6-10(12-3)13(7)4/h5-8,12H,11H2,1-4H3. The molecule has 3 N–H and O–H groups in total. The molecule has 0 aromatic rings. The van der Waals surface area contributed by atoms with Crippen molar-refractivity contribution in [1.82, 2.24) is 10.2 Å². The Kier molecular flexibility index (Phi) is 2.98. The fourth-order valence-corrected chi connectivity index (χ4v) is 1.45. The Bertz CT molecular complexity index is 241. The van der Waals surface area contributed by atoms with Crippen LogP contribution in [0.15, 0.2) is 23.5 Å². The number of nitrogens with zero attached hydrogens (tertiary/aromatic N) is 1.